The van der Waals surface area contributed by atoms with Crippen molar-refractivity contribution in [2.24, 2.45) is 5.73 Å². The van der Waals surface area contributed by atoms with Crippen molar-refractivity contribution >= 4 is 35.5 Å². The number of aliphatic hydroxyl groups is 1. The summed E-state index contributed by atoms with van der Waals surface area (Å²) in [5.74, 6) is -2.82. The van der Waals surface area contributed by atoms with E-state index in [4.69, 9.17) is 10.8 Å². The number of phenols is 1. The van der Waals surface area contributed by atoms with Crippen LogP contribution in [0.25, 0.3) is 0 Å². The van der Waals surface area contributed by atoms with Crippen LogP contribution >= 0.6 is 11.8 Å². The van der Waals surface area contributed by atoms with Gasteiger partial charge in [0, 0.05) is 0 Å². The highest BCUT2D eigenvalue weighted by molar-refractivity contribution is 7.98. The van der Waals surface area contributed by atoms with E-state index in [2.05, 4.69) is 16.0 Å². The van der Waals surface area contributed by atoms with Gasteiger partial charge in [0.1, 0.15) is 23.9 Å². The summed E-state index contributed by atoms with van der Waals surface area (Å²) in [6.07, 6.45) is 2.16. The van der Waals surface area contributed by atoms with Crippen LogP contribution in [0.2, 0.25) is 0 Å². The number of carboxylic acid groups (broad SMARTS) is 1. The van der Waals surface area contributed by atoms with Crippen LogP contribution in [0.1, 0.15) is 18.9 Å². The third kappa shape index (κ3) is 9.12. The summed E-state index contributed by atoms with van der Waals surface area (Å²) in [4.78, 5) is 48.3. The topological polar surface area (TPSA) is 191 Å². The highest BCUT2D eigenvalue weighted by Crippen LogP contribution is 2.11. The molecule has 32 heavy (non-hydrogen) atoms. The number of carbonyl (C=O) groups is 4. The van der Waals surface area contributed by atoms with E-state index in [1.807, 2.05) is 6.26 Å². The average Bonchev–Trinajstić information content (AvgIpc) is 2.75. The summed E-state index contributed by atoms with van der Waals surface area (Å²) in [5.41, 5.74) is 6.57. The van der Waals surface area contributed by atoms with Crippen molar-refractivity contribution in [2.75, 3.05) is 18.6 Å². The maximum atomic E-state index is 12.6. The van der Waals surface area contributed by atoms with Gasteiger partial charge in [0.05, 0.1) is 12.6 Å². The van der Waals surface area contributed by atoms with Crippen molar-refractivity contribution < 1.29 is 34.5 Å². The molecule has 8 N–H and O–H groups in total. The van der Waals surface area contributed by atoms with E-state index in [-0.39, 0.29) is 18.6 Å². The predicted molar refractivity (Wildman–Crippen MR) is 119 cm³/mol. The maximum absolute atomic E-state index is 12.6. The van der Waals surface area contributed by atoms with Crippen LogP contribution in [-0.2, 0) is 25.6 Å². The van der Waals surface area contributed by atoms with Crippen LogP contribution in [-0.4, -0.2) is 81.8 Å². The van der Waals surface area contributed by atoms with Crippen LogP contribution < -0.4 is 21.7 Å². The highest BCUT2D eigenvalue weighted by Gasteiger charge is 2.28. The van der Waals surface area contributed by atoms with Gasteiger partial charge < -0.3 is 37.0 Å². The number of aliphatic carboxylic acids is 1. The van der Waals surface area contributed by atoms with E-state index in [1.54, 1.807) is 12.1 Å². The fourth-order valence-electron chi connectivity index (χ4n) is 2.60. The standard InChI is InChI=1S/C20H30N4O7S/c1-11(20(30)31)22-18(28)15(7-8-32-2)23-19(29)16(10-25)24-17(27)14(21)9-12-3-5-13(26)6-4-12/h3-6,11,14-16,25-26H,7-10,21H2,1-2H3,(H,22,28)(H,23,29)(H,24,27)(H,30,31). The first-order valence-electron chi connectivity index (χ1n) is 9.86. The number of phenolic OH excluding ortho intramolecular Hbond substituents is 1. The first kappa shape index (κ1) is 27.2. The quantitative estimate of drug-likeness (QED) is 0.181. The number of carboxylic acids is 1. The molecule has 178 valence electrons. The second-order valence-corrected chi connectivity index (χ2v) is 8.12. The SMILES string of the molecule is CSCCC(NC(=O)C(CO)NC(=O)C(N)Cc1ccc(O)cc1)C(=O)NC(C)C(=O)O. The van der Waals surface area contributed by atoms with Gasteiger partial charge in [0.2, 0.25) is 17.7 Å². The molecule has 0 saturated carbocycles. The summed E-state index contributed by atoms with van der Waals surface area (Å²) < 4.78 is 0. The van der Waals surface area contributed by atoms with E-state index >= 15 is 0 Å². The summed E-state index contributed by atoms with van der Waals surface area (Å²) in [5, 5.41) is 34.9. The lowest BCUT2D eigenvalue weighted by Crippen LogP contribution is -2.58. The highest BCUT2D eigenvalue weighted by atomic mass is 32.2. The second-order valence-electron chi connectivity index (χ2n) is 7.13. The number of thioether (sulfide) groups is 1. The van der Waals surface area contributed by atoms with Gasteiger partial charge in [-0.25, -0.2) is 0 Å². The lowest BCUT2D eigenvalue weighted by Gasteiger charge is -2.23. The molecule has 0 aliphatic rings. The fourth-order valence-corrected chi connectivity index (χ4v) is 3.08. The molecule has 0 aromatic heterocycles. The number of benzene rings is 1. The molecule has 0 aliphatic carbocycles. The van der Waals surface area contributed by atoms with Gasteiger partial charge in [0.25, 0.3) is 0 Å². The summed E-state index contributed by atoms with van der Waals surface area (Å²) in [6, 6.07) is 1.54. The molecule has 0 radical (unpaired) electrons. The predicted octanol–water partition coefficient (Wildman–Crippen LogP) is -1.43. The molecule has 12 heteroatoms. The molecule has 0 heterocycles. The third-order valence-corrected chi connectivity index (χ3v) is 5.16. The zero-order valence-electron chi connectivity index (χ0n) is 17.9. The lowest BCUT2D eigenvalue weighted by molar-refractivity contribution is -0.141. The van der Waals surface area contributed by atoms with Crippen molar-refractivity contribution in [3.63, 3.8) is 0 Å². The van der Waals surface area contributed by atoms with Crippen LogP contribution in [0.15, 0.2) is 24.3 Å². The number of carbonyl (C=O) groups excluding carboxylic acids is 3. The lowest BCUT2D eigenvalue weighted by atomic mass is 10.1. The van der Waals surface area contributed by atoms with Gasteiger partial charge in [-0.05, 0) is 49.5 Å². The minimum absolute atomic E-state index is 0.0709. The molecule has 0 saturated heterocycles. The third-order valence-electron chi connectivity index (χ3n) is 4.52. The minimum atomic E-state index is -1.35. The molecular weight excluding hydrogens is 440 g/mol. The normalized spacial score (nSPS) is 14.5. The van der Waals surface area contributed by atoms with Crippen molar-refractivity contribution in [1.29, 1.82) is 0 Å². The Hall–Kier alpha value is -2.83. The molecule has 1 aromatic rings. The Labute approximate surface area is 190 Å². The Kier molecular flexibility index (Phi) is 11.5. The molecule has 0 aliphatic heterocycles. The van der Waals surface area contributed by atoms with Gasteiger partial charge in [0.15, 0.2) is 0 Å². The number of nitrogens with one attached hydrogen (secondary N) is 3. The number of aromatic hydroxyl groups is 1. The largest absolute Gasteiger partial charge is 0.508 e. The number of amides is 3. The molecule has 0 spiro atoms. The van der Waals surface area contributed by atoms with E-state index in [0.29, 0.717) is 11.3 Å². The van der Waals surface area contributed by atoms with Gasteiger partial charge in [-0.1, -0.05) is 12.1 Å². The van der Waals surface area contributed by atoms with Crippen molar-refractivity contribution in [3.8, 4) is 5.75 Å². The molecule has 1 rings (SSSR count). The van der Waals surface area contributed by atoms with Crippen LogP contribution in [0.5, 0.6) is 5.75 Å². The zero-order chi connectivity index (χ0) is 24.3. The van der Waals surface area contributed by atoms with Gasteiger partial charge >= 0.3 is 5.97 Å². The smallest absolute Gasteiger partial charge is 0.325 e. The van der Waals surface area contributed by atoms with Crippen molar-refractivity contribution in [3.05, 3.63) is 29.8 Å². The molecular formula is C20H30N4O7S. The maximum Gasteiger partial charge on any atom is 0.325 e. The molecule has 11 nitrogen and oxygen atoms in total. The Bertz CT molecular complexity index is 791. The number of hydrogen-bond donors (Lipinski definition) is 7. The van der Waals surface area contributed by atoms with Crippen molar-refractivity contribution in [2.45, 2.75) is 43.9 Å². The molecule has 3 amide bonds. The zero-order valence-corrected chi connectivity index (χ0v) is 18.7. The van der Waals surface area contributed by atoms with Crippen LogP contribution in [0.4, 0.5) is 0 Å². The Morgan fingerprint density at radius 1 is 1.00 bits per heavy atom. The average molecular weight is 471 g/mol. The molecule has 4 unspecified atom stereocenters. The number of aliphatic hydroxyl groups excluding tert-OH is 1. The first-order valence-corrected chi connectivity index (χ1v) is 11.3. The number of hydrogen-bond acceptors (Lipinski definition) is 8. The molecule has 0 bridgehead atoms. The summed E-state index contributed by atoms with van der Waals surface area (Å²) in [7, 11) is 0. The second kappa shape index (κ2) is 13.6. The van der Waals surface area contributed by atoms with E-state index in [9.17, 15) is 29.4 Å². The number of nitrogens with two attached hydrogens (primary N) is 1. The van der Waals surface area contributed by atoms with Gasteiger partial charge in [-0.3, -0.25) is 19.2 Å². The molecule has 1 aromatic carbocycles. The van der Waals surface area contributed by atoms with Crippen molar-refractivity contribution in [1.82, 2.24) is 16.0 Å². The van der Waals surface area contributed by atoms with Crippen LogP contribution in [0, 0.1) is 0 Å². The number of rotatable bonds is 13. The van der Waals surface area contributed by atoms with E-state index in [0.717, 1.165) is 0 Å². The van der Waals surface area contributed by atoms with Gasteiger partial charge in [-0.15, -0.1) is 0 Å². The molecule has 4 atom stereocenters. The van der Waals surface area contributed by atoms with Gasteiger partial charge in [-0.2, -0.15) is 11.8 Å². The van der Waals surface area contributed by atoms with E-state index in [1.165, 1.54) is 30.8 Å². The van der Waals surface area contributed by atoms with Crippen LogP contribution in [0.3, 0.4) is 0 Å². The summed E-state index contributed by atoms with van der Waals surface area (Å²) in [6.45, 7) is 0.561. The Morgan fingerprint density at radius 3 is 2.09 bits per heavy atom. The fraction of sp³-hybridized carbons (Fsp3) is 0.500. The summed E-state index contributed by atoms with van der Waals surface area (Å²) >= 11 is 1.43. The molecule has 0 fully saturated rings. The first-order chi connectivity index (χ1) is 15.1. The minimum Gasteiger partial charge on any atom is -0.508 e. The Balaban J connectivity index is 2.75. The Morgan fingerprint density at radius 2 is 1.56 bits per heavy atom. The van der Waals surface area contributed by atoms with E-state index < -0.39 is 54.5 Å². The monoisotopic (exact) mass is 470 g/mol.